The van der Waals surface area contributed by atoms with Gasteiger partial charge in [-0.25, -0.2) is 0 Å². The molecule has 1 saturated heterocycles. The highest BCUT2D eigenvalue weighted by atomic mass is 16.5. The van der Waals surface area contributed by atoms with Crippen molar-refractivity contribution < 1.29 is 4.74 Å². The van der Waals surface area contributed by atoms with Gasteiger partial charge in [-0.2, -0.15) is 0 Å². The van der Waals surface area contributed by atoms with Gasteiger partial charge in [0.15, 0.2) is 0 Å². The van der Waals surface area contributed by atoms with Crippen LogP contribution in [-0.4, -0.2) is 18.8 Å². The van der Waals surface area contributed by atoms with Gasteiger partial charge in [-0.15, -0.1) is 0 Å². The molecule has 0 amide bonds. The summed E-state index contributed by atoms with van der Waals surface area (Å²) >= 11 is 0. The van der Waals surface area contributed by atoms with Gasteiger partial charge in [0.2, 0.25) is 0 Å². The summed E-state index contributed by atoms with van der Waals surface area (Å²) in [4.78, 5) is 0. The summed E-state index contributed by atoms with van der Waals surface area (Å²) in [5.74, 6) is 0. The summed E-state index contributed by atoms with van der Waals surface area (Å²) in [5, 5.41) is 2.62. The Morgan fingerprint density at radius 3 is 2.42 bits per heavy atom. The van der Waals surface area contributed by atoms with Crippen molar-refractivity contribution in [1.82, 2.24) is 0 Å². The van der Waals surface area contributed by atoms with Crippen molar-refractivity contribution in [3.8, 4) is 0 Å². The van der Waals surface area contributed by atoms with Crippen molar-refractivity contribution in [3.05, 3.63) is 48.0 Å². The van der Waals surface area contributed by atoms with E-state index in [-0.39, 0.29) is 11.0 Å². The predicted molar refractivity (Wildman–Crippen MR) is 79.3 cm³/mol. The molecule has 1 aliphatic heterocycles. The molecule has 100 valence electrons. The molecule has 19 heavy (non-hydrogen) atoms. The molecule has 0 aliphatic carbocycles. The molecule has 1 heterocycles. The van der Waals surface area contributed by atoms with Crippen LogP contribution in [-0.2, 0) is 10.2 Å². The maximum absolute atomic E-state index is 6.26. The minimum absolute atomic E-state index is 0.0825. The van der Waals surface area contributed by atoms with Crippen molar-refractivity contribution in [2.75, 3.05) is 13.2 Å². The lowest BCUT2D eigenvalue weighted by Crippen LogP contribution is -2.53. The lowest BCUT2D eigenvalue weighted by molar-refractivity contribution is -0.0711. The topological polar surface area (TPSA) is 35.2 Å². The van der Waals surface area contributed by atoms with E-state index in [1.807, 2.05) is 0 Å². The molecule has 0 spiro atoms. The molecule has 2 nitrogen and oxygen atoms in total. The maximum atomic E-state index is 6.26. The average molecular weight is 255 g/mol. The first-order chi connectivity index (χ1) is 9.00. The quantitative estimate of drug-likeness (QED) is 0.914. The van der Waals surface area contributed by atoms with Crippen molar-refractivity contribution in [2.45, 2.75) is 31.2 Å². The molecule has 2 heteroatoms. The van der Waals surface area contributed by atoms with E-state index in [1.165, 1.54) is 16.3 Å². The second kappa shape index (κ2) is 4.32. The third kappa shape index (κ3) is 2.26. The highest BCUT2D eigenvalue weighted by molar-refractivity contribution is 5.86. The van der Waals surface area contributed by atoms with Gasteiger partial charge in [-0.3, -0.25) is 0 Å². The van der Waals surface area contributed by atoms with E-state index in [0.29, 0.717) is 0 Å². The normalized spacial score (nSPS) is 18.3. The maximum Gasteiger partial charge on any atom is 0.0586 e. The molecule has 0 aromatic heterocycles. The van der Waals surface area contributed by atoms with E-state index in [9.17, 15) is 0 Å². The average Bonchev–Trinajstić information content (AvgIpc) is 2.32. The molecular weight excluding hydrogens is 234 g/mol. The Kier molecular flexibility index (Phi) is 2.88. The molecule has 1 fully saturated rings. The van der Waals surface area contributed by atoms with Gasteiger partial charge in [-0.05, 0) is 36.6 Å². The van der Waals surface area contributed by atoms with Crippen molar-refractivity contribution >= 4 is 10.8 Å². The Bertz CT molecular complexity index is 588. The minimum Gasteiger partial charge on any atom is -0.379 e. The van der Waals surface area contributed by atoms with E-state index in [0.717, 1.165) is 19.6 Å². The van der Waals surface area contributed by atoms with Gasteiger partial charge in [0.25, 0.3) is 0 Å². The van der Waals surface area contributed by atoms with Crippen LogP contribution in [0.5, 0.6) is 0 Å². The second-order valence-corrected chi connectivity index (χ2v) is 6.47. The van der Waals surface area contributed by atoms with E-state index in [4.69, 9.17) is 10.5 Å². The number of nitrogens with two attached hydrogens (primary N) is 1. The van der Waals surface area contributed by atoms with Gasteiger partial charge in [0.05, 0.1) is 13.2 Å². The predicted octanol–water partition coefficient (Wildman–Crippen LogP) is 3.24. The van der Waals surface area contributed by atoms with Gasteiger partial charge in [-0.1, -0.05) is 42.5 Å². The van der Waals surface area contributed by atoms with Crippen molar-refractivity contribution in [2.24, 2.45) is 5.73 Å². The molecule has 2 N–H and O–H groups in total. The van der Waals surface area contributed by atoms with Gasteiger partial charge < -0.3 is 10.5 Å². The number of benzene rings is 2. The van der Waals surface area contributed by atoms with Gasteiger partial charge in [0.1, 0.15) is 0 Å². The number of ether oxygens (including phenoxy) is 1. The zero-order valence-electron chi connectivity index (χ0n) is 11.6. The lowest BCUT2D eigenvalue weighted by Gasteiger charge is -2.46. The standard InChI is InChI=1S/C17H21NO/c1-16(2,18)10-17(11-19-12-17)15-9-5-7-13-6-3-4-8-14(13)15/h3-9H,10-12,18H2,1-2H3. The highest BCUT2D eigenvalue weighted by Crippen LogP contribution is 2.41. The Labute approximate surface area is 114 Å². The van der Waals surface area contributed by atoms with Crippen LogP contribution in [0.4, 0.5) is 0 Å². The third-order valence-electron chi connectivity index (χ3n) is 3.91. The molecule has 0 unspecified atom stereocenters. The molecule has 1 aliphatic rings. The molecule has 0 saturated carbocycles. The van der Waals surface area contributed by atoms with Crippen LogP contribution in [0.3, 0.4) is 0 Å². The Hall–Kier alpha value is -1.38. The SMILES string of the molecule is CC(C)(N)CC1(c2cccc3ccccc23)COC1. The molecule has 3 rings (SSSR count). The number of hydrogen-bond acceptors (Lipinski definition) is 2. The number of rotatable bonds is 3. The molecule has 2 aromatic rings. The van der Waals surface area contributed by atoms with E-state index in [2.05, 4.69) is 56.3 Å². The van der Waals surface area contributed by atoms with Gasteiger partial charge >= 0.3 is 0 Å². The van der Waals surface area contributed by atoms with Crippen LogP contribution < -0.4 is 5.73 Å². The zero-order valence-corrected chi connectivity index (χ0v) is 11.6. The highest BCUT2D eigenvalue weighted by Gasteiger charge is 2.44. The smallest absolute Gasteiger partial charge is 0.0586 e. The Balaban J connectivity index is 2.12. The third-order valence-corrected chi connectivity index (χ3v) is 3.91. The minimum atomic E-state index is -0.180. The van der Waals surface area contributed by atoms with E-state index >= 15 is 0 Å². The largest absolute Gasteiger partial charge is 0.379 e. The van der Waals surface area contributed by atoms with Crippen LogP contribution in [0.1, 0.15) is 25.8 Å². The van der Waals surface area contributed by atoms with Crippen LogP contribution in [0.2, 0.25) is 0 Å². The second-order valence-electron chi connectivity index (χ2n) is 6.47. The molecule has 0 radical (unpaired) electrons. The van der Waals surface area contributed by atoms with Crippen molar-refractivity contribution in [3.63, 3.8) is 0 Å². The van der Waals surface area contributed by atoms with E-state index in [1.54, 1.807) is 0 Å². The van der Waals surface area contributed by atoms with E-state index < -0.39 is 0 Å². The lowest BCUT2D eigenvalue weighted by atomic mass is 9.69. The summed E-state index contributed by atoms with van der Waals surface area (Å²) in [6.45, 7) is 5.75. The summed E-state index contributed by atoms with van der Waals surface area (Å²) in [6.07, 6.45) is 0.952. The van der Waals surface area contributed by atoms with Crippen LogP contribution in [0.15, 0.2) is 42.5 Å². The molecule has 0 bridgehead atoms. The first kappa shape index (κ1) is 12.6. The summed E-state index contributed by atoms with van der Waals surface area (Å²) < 4.78 is 5.53. The Morgan fingerprint density at radius 2 is 1.79 bits per heavy atom. The molecule has 0 atom stereocenters. The Morgan fingerprint density at radius 1 is 1.11 bits per heavy atom. The number of fused-ring (bicyclic) bond motifs is 1. The summed E-state index contributed by atoms with van der Waals surface area (Å²) in [6, 6.07) is 15.1. The molecule has 2 aromatic carbocycles. The summed E-state index contributed by atoms with van der Waals surface area (Å²) in [7, 11) is 0. The molecular formula is C17H21NO. The fourth-order valence-corrected chi connectivity index (χ4v) is 3.26. The van der Waals surface area contributed by atoms with Crippen LogP contribution >= 0.6 is 0 Å². The summed E-state index contributed by atoms with van der Waals surface area (Å²) in [5.41, 5.74) is 7.54. The first-order valence-electron chi connectivity index (χ1n) is 6.85. The fourth-order valence-electron chi connectivity index (χ4n) is 3.26. The number of hydrogen-bond donors (Lipinski definition) is 1. The first-order valence-corrected chi connectivity index (χ1v) is 6.85. The van der Waals surface area contributed by atoms with Crippen LogP contribution in [0.25, 0.3) is 10.8 Å². The monoisotopic (exact) mass is 255 g/mol. The zero-order chi connectivity index (χ0) is 13.5. The van der Waals surface area contributed by atoms with Gasteiger partial charge in [0, 0.05) is 11.0 Å². The van der Waals surface area contributed by atoms with Crippen molar-refractivity contribution in [1.29, 1.82) is 0 Å². The fraction of sp³-hybridized carbons (Fsp3) is 0.412. The van der Waals surface area contributed by atoms with Crippen LogP contribution in [0, 0.1) is 0 Å².